The molecule has 0 aromatic carbocycles. The summed E-state index contributed by atoms with van der Waals surface area (Å²) in [7, 11) is -2.36. The number of hydrogen-bond acceptors (Lipinski definition) is 0. The topological polar surface area (TPSA) is 0 Å². The maximum atomic E-state index is 2.91. The van der Waals surface area contributed by atoms with Crippen molar-refractivity contribution in [3.05, 3.63) is 0 Å². The highest BCUT2D eigenvalue weighted by Crippen LogP contribution is 2.63. The normalized spacial score (nSPS) is 43.9. The zero-order valence-electron chi connectivity index (χ0n) is 20.1. The summed E-state index contributed by atoms with van der Waals surface area (Å²) >= 11 is 0. The predicted octanol–water partition coefficient (Wildman–Crippen LogP) is 8.69. The van der Waals surface area contributed by atoms with Crippen LogP contribution in [0.25, 0.3) is 0 Å². The van der Waals surface area contributed by atoms with Gasteiger partial charge in [0.05, 0.1) is 0 Å². The second-order valence-corrected chi connectivity index (χ2v) is 29.1. The van der Waals surface area contributed by atoms with E-state index >= 15 is 0 Å². The van der Waals surface area contributed by atoms with Crippen LogP contribution in [-0.4, -0.2) is 15.2 Å². The van der Waals surface area contributed by atoms with Crippen molar-refractivity contribution in [1.82, 2.24) is 0 Å². The highest BCUT2D eigenvalue weighted by Gasteiger charge is 2.59. The molecule has 4 aliphatic rings. The molecule has 0 radical (unpaired) electrons. The van der Waals surface area contributed by atoms with Crippen LogP contribution in [0.4, 0.5) is 0 Å². The predicted molar refractivity (Wildman–Crippen MR) is 130 cm³/mol. The van der Waals surface area contributed by atoms with E-state index in [1.165, 1.54) is 19.3 Å². The molecule has 0 saturated heterocycles. The maximum Gasteiger partial charge on any atom is 0.0451 e. The minimum absolute atomic E-state index is 1.04. The van der Waals surface area contributed by atoms with Gasteiger partial charge in [-0.1, -0.05) is 97.8 Å². The molecule has 4 saturated carbocycles. The third-order valence-corrected chi connectivity index (χ3v) is 32.1. The second kappa shape index (κ2) is 8.17. The summed E-state index contributed by atoms with van der Waals surface area (Å²) in [5.74, 6) is 6.66. The monoisotopic (exact) mass is 418 g/mol. The van der Waals surface area contributed by atoms with E-state index in [2.05, 4.69) is 40.0 Å². The quantitative estimate of drug-likeness (QED) is 0.378. The van der Waals surface area contributed by atoms with Gasteiger partial charge in [0, 0.05) is 15.2 Å². The fourth-order valence-electron chi connectivity index (χ4n) is 9.28. The van der Waals surface area contributed by atoms with Crippen LogP contribution < -0.4 is 0 Å². The van der Waals surface area contributed by atoms with Crippen LogP contribution in [0.2, 0.25) is 37.3 Å². The minimum atomic E-state index is -1.20. The molecule has 0 aromatic rings. The molecular weight excluding hydrogens is 368 g/mol. The molecule has 28 heavy (non-hydrogen) atoms. The van der Waals surface area contributed by atoms with E-state index in [0.29, 0.717) is 0 Å². The molecule has 0 nitrogen and oxygen atoms in total. The van der Waals surface area contributed by atoms with E-state index in [1.807, 2.05) is 0 Å². The van der Waals surface area contributed by atoms with Gasteiger partial charge in [-0.25, -0.2) is 0 Å². The first-order valence-electron chi connectivity index (χ1n) is 13.3. The summed E-state index contributed by atoms with van der Waals surface area (Å²) in [6.45, 7) is 16.6. The fraction of sp³-hybridized carbons (Fsp3) is 1.00. The first-order chi connectivity index (χ1) is 13.3. The molecule has 0 spiro atoms. The molecule has 8 unspecified atom stereocenters. The van der Waals surface area contributed by atoms with Gasteiger partial charge in [-0.3, -0.25) is 0 Å². The standard InChI is InChI=1S/C26H50Si2/c1-7-8-10-20-13-14-24(16-20)27(3,4)28(5,6)26-19(2)15-23-17-21-11-9-12-22(21)18-25(23)26/h19-26H,7-18H2,1-6H3. The maximum absolute atomic E-state index is 2.91. The summed E-state index contributed by atoms with van der Waals surface area (Å²) in [6.07, 6.45) is 18.8. The van der Waals surface area contributed by atoms with Crippen molar-refractivity contribution in [1.29, 1.82) is 0 Å². The van der Waals surface area contributed by atoms with Crippen molar-refractivity contribution in [3.8, 4) is 0 Å². The second-order valence-electron chi connectivity index (χ2n) is 13.0. The molecule has 0 amide bonds. The van der Waals surface area contributed by atoms with E-state index in [-0.39, 0.29) is 0 Å². The van der Waals surface area contributed by atoms with Crippen molar-refractivity contribution < 1.29 is 0 Å². The Morgan fingerprint density at radius 1 is 0.750 bits per heavy atom. The van der Waals surface area contributed by atoms with Crippen molar-refractivity contribution in [3.63, 3.8) is 0 Å². The van der Waals surface area contributed by atoms with Gasteiger partial charge in [0.1, 0.15) is 0 Å². The van der Waals surface area contributed by atoms with Crippen molar-refractivity contribution >= 4 is 15.2 Å². The Kier molecular flexibility index (Phi) is 6.32. The van der Waals surface area contributed by atoms with Gasteiger partial charge in [0.2, 0.25) is 0 Å². The van der Waals surface area contributed by atoms with Crippen molar-refractivity contribution in [2.45, 2.75) is 128 Å². The molecule has 0 bridgehead atoms. The molecule has 2 heteroatoms. The summed E-state index contributed by atoms with van der Waals surface area (Å²) in [5.41, 5.74) is 2.32. The molecule has 162 valence electrons. The first kappa shape index (κ1) is 21.7. The van der Waals surface area contributed by atoms with Gasteiger partial charge in [-0.2, -0.15) is 0 Å². The molecule has 8 atom stereocenters. The molecular formula is C26H50Si2. The van der Waals surface area contributed by atoms with Gasteiger partial charge in [0.15, 0.2) is 0 Å². The zero-order valence-corrected chi connectivity index (χ0v) is 22.1. The highest BCUT2D eigenvalue weighted by atomic mass is 29.3. The van der Waals surface area contributed by atoms with E-state index in [1.54, 1.807) is 57.8 Å². The van der Waals surface area contributed by atoms with E-state index < -0.39 is 15.2 Å². The lowest BCUT2D eigenvalue weighted by Gasteiger charge is -2.51. The van der Waals surface area contributed by atoms with Crippen molar-refractivity contribution in [2.24, 2.45) is 35.5 Å². The van der Waals surface area contributed by atoms with Crippen LogP contribution in [-0.2, 0) is 0 Å². The van der Waals surface area contributed by atoms with Gasteiger partial charge >= 0.3 is 0 Å². The van der Waals surface area contributed by atoms with E-state index in [9.17, 15) is 0 Å². The Balaban J connectivity index is 1.50. The van der Waals surface area contributed by atoms with Gasteiger partial charge in [0.25, 0.3) is 0 Å². The Bertz CT molecular complexity index is 539. The molecule has 0 N–H and O–H groups in total. The van der Waals surface area contributed by atoms with Gasteiger partial charge in [-0.05, 0) is 65.9 Å². The van der Waals surface area contributed by atoms with E-state index in [4.69, 9.17) is 0 Å². The number of unbranched alkanes of at least 4 members (excludes halogenated alkanes) is 1. The lowest BCUT2D eigenvalue weighted by Crippen LogP contribution is -2.62. The van der Waals surface area contributed by atoms with E-state index in [0.717, 1.165) is 46.6 Å². The molecule has 4 rings (SSSR count). The SMILES string of the molecule is CCCCC1CCC([Si](C)(C)[Si](C)(C)C2C(C)CC3CC4CCCC4CC32)C1. The average Bonchev–Trinajstić information content (AvgIpc) is 3.34. The Labute approximate surface area is 178 Å². The average molecular weight is 419 g/mol. The smallest absolute Gasteiger partial charge is 0.0451 e. The fourth-order valence-corrected chi connectivity index (χ4v) is 24.1. The summed E-state index contributed by atoms with van der Waals surface area (Å²) in [4.78, 5) is 0. The third-order valence-electron chi connectivity index (χ3n) is 11.4. The zero-order chi connectivity index (χ0) is 20.1. The largest absolute Gasteiger partial charge is 0.0711 e. The van der Waals surface area contributed by atoms with Crippen LogP contribution in [0.15, 0.2) is 0 Å². The third kappa shape index (κ3) is 3.65. The number of hydrogen-bond donors (Lipinski definition) is 0. The Morgan fingerprint density at radius 2 is 1.46 bits per heavy atom. The van der Waals surface area contributed by atoms with Crippen LogP contribution in [0, 0.1) is 35.5 Å². The van der Waals surface area contributed by atoms with Crippen LogP contribution in [0.3, 0.4) is 0 Å². The number of fused-ring (bicyclic) bond motifs is 2. The van der Waals surface area contributed by atoms with Crippen LogP contribution in [0.5, 0.6) is 0 Å². The summed E-state index contributed by atoms with van der Waals surface area (Å²) in [6, 6.07) is 0. The van der Waals surface area contributed by atoms with Crippen LogP contribution >= 0.6 is 0 Å². The molecule has 4 fully saturated rings. The lowest BCUT2D eigenvalue weighted by molar-refractivity contribution is 0.156. The van der Waals surface area contributed by atoms with Crippen molar-refractivity contribution in [2.75, 3.05) is 0 Å². The molecule has 4 aliphatic carbocycles. The van der Waals surface area contributed by atoms with Crippen LogP contribution in [0.1, 0.15) is 90.9 Å². The minimum Gasteiger partial charge on any atom is -0.0711 e. The Morgan fingerprint density at radius 3 is 2.18 bits per heavy atom. The highest BCUT2D eigenvalue weighted by molar-refractivity contribution is 7.41. The number of rotatable bonds is 6. The lowest BCUT2D eigenvalue weighted by atomic mass is 9.71. The summed E-state index contributed by atoms with van der Waals surface area (Å²) in [5, 5.41) is 0. The van der Waals surface area contributed by atoms with Gasteiger partial charge < -0.3 is 0 Å². The first-order valence-corrected chi connectivity index (χ1v) is 20.4. The molecule has 0 heterocycles. The Hall–Kier alpha value is 0.434. The summed E-state index contributed by atoms with van der Waals surface area (Å²) < 4.78 is 0. The van der Waals surface area contributed by atoms with Gasteiger partial charge in [-0.15, -0.1) is 0 Å². The molecule has 0 aliphatic heterocycles. The molecule has 0 aromatic heterocycles.